The molecule has 7 heteroatoms. The van der Waals surface area contributed by atoms with Crippen LogP contribution in [-0.2, 0) is 4.79 Å². The van der Waals surface area contributed by atoms with Crippen molar-refractivity contribution in [3.05, 3.63) is 60.4 Å². The molecule has 0 bridgehead atoms. The fraction of sp³-hybridized carbons (Fsp3) is 0.318. The predicted octanol–water partition coefficient (Wildman–Crippen LogP) is 4.57. The summed E-state index contributed by atoms with van der Waals surface area (Å²) in [6, 6.07) is 16.4. The summed E-state index contributed by atoms with van der Waals surface area (Å²) < 4.78 is 16.2. The summed E-state index contributed by atoms with van der Waals surface area (Å²) in [7, 11) is 0. The minimum absolute atomic E-state index is 0.109. The lowest BCUT2D eigenvalue weighted by Gasteiger charge is -2.33. The van der Waals surface area contributed by atoms with E-state index in [1.165, 1.54) is 24.2 Å². The van der Waals surface area contributed by atoms with Crippen molar-refractivity contribution in [2.75, 3.05) is 12.3 Å². The number of halogens is 1. The molecule has 150 valence electrons. The number of nitrogens with zero attached hydrogens (tertiary/aromatic N) is 4. The van der Waals surface area contributed by atoms with E-state index in [9.17, 15) is 9.18 Å². The maximum absolute atomic E-state index is 14.4. The Morgan fingerprint density at radius 3 is 2.62 bits per heavy atom. The summed E-state index contributed by atoms with van der Waals surface area (Å²) >= 11 is 1.34. The molecule has 1 saturated heterocycles. The number of rotatable bonds is 5. The lowest BCUT2D eigenvalue weighted by Crippen LogP contribution is -2.42. The molecule has 1 aromatic heterocycles. The summed E-state index contributed by atoms with van der Waals surface area (Å²) in [4.78, 5) is 14.7. The smallest absolute Gasteiger partial charge is 0.233 e. The second-order valence-electron chi connectivity index (χ2n) is 7.18. The lowest BCUT2D eigenvalue weighted by atomic mass is 10.0. The van der Waals surface area contributed by atoms with Gasteiger partial charge in [0.15, 0.2) is 11.0 Å². The van der Waals surface area contributed by atoms with Gasteiger partial charge < -0.3 is 4.90 Å². The number of thioether (sulfide) groups is 1. The van der Waals surface area contributed by atoms with Gasteiger partial charge in [-0.2, -0.15) is 0 Å². The van der Waals surface area contributed by atoms with Gasteiger partial charge >= 0.3 is 0 Å². The number of amides is 1. The monoisotopic (exact) mass is 410 g/mol. The average molecular weight is 411 g/mol. The van der Waals surface area contributed by atoms with Crippen molar-refractivity contribution >= 4 is 17.7 Å². The zero-order chi connectivity index (χ0) is 20.2. The largest absolute Gasteiger partial charge is 0.339 e. The third-order valence-electron chi connectivity index (χ3n) is 5.21. The first-order valence-electron chi connectivity index (χ1n) is 9.83. The van der Waals surface area contributed by atoms with E-state index in [-0.39, 0.29) is 23.5 Å². The number of aromatic nitrogens is 3. The third kappa shape index (κ3) is 4.19. The Hall–Kier alpha value is -2.67. The molecule has 2 heterocycles. The molecule has 2 aromatic carbocycles. The molecule has 0 aliphatic carbocycles. The quantitative estimate of drug-likeness (QED) is 0.579. The van der Waals surface area contributed by atoms with Crippen LogP contribution in [0.2, 0.25) is 0 Å². The van der Waals surface area contributed by atoms with Crippen LogP contribution >= 0.6 is 11.8 Å². The van der Waals surface area contributed by atoms with E-state index in [0.717, 1.165) is 25.1 Å². The molecule has 5 nitrogen and oxygen atoms in total. The van der Waals surface area contributed by atoms with E-state index in [1.807, 2.05) is 39.8 Å². The minimum atomic E-state index is -0.355. The van der Waals surface area contributed by atoms with Gasteiger partial charge in [-0.15, -0.1) is 10.2 Å². The van der Waals surface area contributed by atoms with Gasteiger partial charge in [-0.25, -0.2) is 4.39 Å². The normalized spacial score (nSPS) is 16.8. The van der Waals surface area contributed by atoms with Gasteiger partial charge in [-0.1, -0.05) is 42.1 Å². The van der Waals surface area contributed by atoms with Gasteiger partial charge in [-0.05, 0) is 50.5 Å². The van der Waals surface area contributed by atoms with E-state index in [4.69, 9.17) is 0 Å². The standard InChI is InChI=1S/C22H23FN4OS/c1-16-9-7-8-14-26(16)20(28)15-29-22-25-24-21(18-12-5-6-13-19(18)23)27(22)17-10-3-2-4-11-17/h2-6,10-13,16H,7-9,14-15H2,1H3/t16-/m0/s1. The van der Waals surface area contributed by atoms with Crippen LogP contribution in [-0.4, -0.2) is 43.9 Å². The van der Waals surface area contributed by atoms with E-state index < -0.39 is 0 Å². The zero-order valence-corrected chi connectivity index (χ0v) is 17.1. The number of likely N-dealkylation sites (tertiary alicyclic amines) is 1. The van der Waals surface area contributed by atoms with E-state index in [0.29, 0.717) is 16.5 Å². The van der Waals surface area contributed by atoms with Gasteiger partial charge in [0, 0.05) is 18.3 Å². The number of hydrogen-bond acceptors (Lipinski definition) is 4. The predicted molar refractivity (Wildman–Crippen MR) is 113 cm³/mol. The Balaban J connectivity index is 1.64. The van der Waals surface area contributed by atoms with Crippen LogP contribution in [0.3, 0.4) is 0 Å². The molecule has 29 heavy (non-hydrogen) atoms. The summed E-state index contributed by atoms with van der Waals surface area (Å²) in [5.74, 6) is 0.465. The summed E-state index contributed by atoms with van der Waals surface area (Å²) in [6.45, 7) is 2.91. The van der Waals surface area contributed by atoms with E-state index >= 15 is 0 Å². The first-order valence-corrected chi connectivity index (χ1v) is 10.8. The number of carbonyl (C=O) groups excluding carboxylic acids is 1. The average Bonchev–Trinajstić information content (AvgIpc) is 3.17. The van der Waals surface area contributed by atoms with Gasteiger partial charge in [0.2, 0.25) is 5.91 Å². The molecule has 1 aliphatic heterocycles. The molecule has 0 radical (unpaired) electrons. The van der Waals surface area contributed by atoms with Crippen molar-refractivity contribution in [1.29, 1.82) is 0 Å². The molecule has 1 amide bonds. The van der Waals surface area contributed by atoms with E-state index in [2.05, 4.69) is 17.1 Å². The first-order chi connectivity index (χ1) is 14.1. The molecular formula is C22H23FN4OS. The number of benzene rings is 2. The molecule has 4 rings (SSSR count). The zero-order valence-electron chi connectivity index (χ0n) is 16.3. The highest BCUT2D eigenvalue weighted by atomic mass is 32.2. The van der Waals surface area contributed by atoms with Crippen LogP contribution in [0.15, 0.2) is 59.8 Å². The van der Waals surface area contributed by atoms with Crippen molar-refractivity contribution in [3.8, 4) is 17.1 Å². The molecular weight excluding hydrogens is 387 g/mol. The van der Waals surface area contributed by atoms with Crippen molar-refractivity contribution in [3.63, 3.8) is 0 Å². The van der Waals surface area contributed by atoms with E-state index in [1.54, 1.807) is 18.2 Å². The molecule has 0 N–H and O–H groups in total. The number of para-hydroxylation sites is 1. The fourth-order valence-electron chi connectivity index (χ4n) is 3.67. The minimum Gasteiger partial charge on any atom is -0.339 e. The Labute approximate surface area is 173 Å². The second-order valence-corrected chi connectivity index (χ2v) is 8.12. The van der Waals surface area contributed by atoms with Crippen molar-refractivity contribution in [2.24, 2.45) is 0 Å². The topological polar surface area (TPSA) is 51.0 Å². The highest BCUT2D eigenvalue weighted by molar-refractivity contribution is 7.99. The number of hydrogen-bond donors (Lipinski definition) is 0. The molecule has 1 atom stereocenters. The molecule has 0 saturated carbocycles. The summed E-state index contributed by atoms with van der Waals surface area (Å²) in [6.07, 6.45) is 3.28. The Morgan fingerprint density at radius 2 is 1.86 bits per heavy atom. The van der Waals surface area contributed by atoms with Crippen LogP contribution < -0.4 is 0 Å². The van der Waals surface area contributed by atoms with Gasteiger partial charge in [0.25, 0.3) is 0 Å². The van der Waals surface area contributed by atoms with Crippen LogP contribution in [0.1, 0.15) is 26.2 Å². The van der Waals surface area contributed by atoms with Crippen LogP contribution in [0.4, 0.5) is 4.39 Å². The van der Waals surface area contributed by atoms with Gasteiger partial charge in [0.05, 0.1) is 11.3 Å². The van der Waals surface area contributed by atoms with Crippen LogP contribution in [0.25, 0.3) is 17.1 Å². The van der Waals surface area contributed by atoms with Crippen LogP contribution in [0, 0.1) is 5.82 Å². The summed E-state index contributed by atoms with van der Waals surface area (Å²) in [5, 5.41) is 9.12. The highest BCUT2D eigenvalue weighted by Crippen LogP contribution is 2.30. The molecule has 1 aliphatic rings. The maximum Gasteiger partial charge on any atom is 0.233 e. The third-order valence-corrected chi connectivity index (χ3v) is 6.12. The SMILES string of the molecule is C[C@H]1CCCCN1C(=O)CSc1nnc(-c2ccccc2F)n1-c1ccccc1. The maximum atomic E-state index is 14.4. The lowest BCUT2D eigenvalue weighted by molar-refractivity contribution is -0.131. The van der Waals surface area contributed by atoms with Crippen molar-refractivity contribution < 1.29 is 9.18 Å². The molecule has 0 unspecified atom stereocenters. The molecule has 3 aromatic rings. The number of carbonyl (C=O) groups is 1. The fourth-order valence-corrected chi connectivity index (χ4v) is 4.51. The highest BCUT2D eigenvalue weighted by Gasteiger charge is 2.25. The Kier molecular flexibility index (Phi) is 5.94. The Morgan fingerprint density at radius 1 is 1.10 bits per heavy atom. The van der Waals surface area contributed by atoms with Gasteiger partial charge in [0.1, 0.15) is 5.82 Å². The molecule has 0 spiro atoms. The second kappa shape index (κ2) is 8.78. The first kappa shape index (κ1) is 19.6. The van der Waals surface area contributed by atoms with Crippen LogP contribution in [0.5, 0.6) is 0 Å². The van der Waals surface area contributed by atoms with Crippen molar-refractivity contribution in [1.82, 2.24) is 19.7 Å². The summed E-state index contributed by atoms with van der Waals surface area (Å²) in [5.41, 5.74) is 1.21. The Bertz CT molecular complexity index is 991. The van der Waals surface area contributed by atoms with Crippen molar-refractivity contribution in [2.45, 2.75) is 37.4 Å². The molecule has 1 fully saturated rings. The van der Waals surface area contributed by atoms with Gasteiger partial charge in [-0.3, -0.25) is 9.36 Å². The number of piperidine rings is 1.